The van der Waals surface area contributed by atoms with Crippen LogP contribution in [0.5, 0.6) is 0 Å². The van der Waals surface area contributed by atoms with Gasteiger partial charge in [-0.3, -0.25) is 4.79 Å². The Kier molecular flexibility index (Phi) is 4.33. The van der Waals surface area contributed by atoms with E-state index in [0.717, 1.165) is 19.3 Å². The molecule has 3 atom stereocenters. The first-order chi connectivity index (χ1) is 7.51. The zero-order valence-corrected chi connectivity index (χ0v) is 10.7. The number of nitrogens with two attached hydrogens (primary N) is 1. The summed E-state index contributed by atoms with van der Waals surface area (Å²) in [6, 6.07) is -0.223. The maximum absolute atomic E-state index is 11.6. The highest BCUT2D eigenvalue weighted by Gasteiger charge is 2.53. The average Bonchev–Trinajstić information content (AvgIpc) is 2.25. The number of carbonyl (C=O) groups is 1. The molecular weight excluding hydrogens is 204 g/mol. The van der Waals surface area contributed by atoms with E-state index in [1.54, 1.807) is 14.0 Å². The van der Waals surface area contributed by atoms with Crippen molar-refractivity contribution in [1.82, 2.24) is 5.32 Å². The fourth-order valence-electron chi connectivity index (χ4n) is 2.78. The van der Waals surface area contributed by atoms with Crippen molar-refractivity contribution in [3.05, 3.63) is 0 Å². The summed E-state index contributed by atoms with van der Waals surface area (Å²) in [5, 5.41) is 3.03. The number of hydrogen-bond donors (Lipinski definition) is 2. The van der Waals surface area contributed by atoms with E-state index in [1.807, 2.05) is 0 Å². The number of ether oxygens (including phenoxy) is 1. The molecule has 0 saturated heterocycles. The summed E-state index contributed by atoms with van der Waals surface area (Å²) in [6.45, 7) is 6.01. The van der Waals surface area contributed by atoms with Gasteiger partial charge in [0.05, 0.1) is 12.1 Å². The number of methoxy groups -OCH3 is 1. The SMILES string of the molecule is CCC1(CC)C(NC(=O)[C@H](C)N)CC1OC. The smallest absolute Gasteiger partial charge is 0.236 e. The predicted molar refractivity (Wildman–Crippen MR) is 64.0 cm³/mol. The normalized spacial score (nSPS) is 29.3. The van der Waals surface area contributed by atoms with Gasteiger partial charge >= 0.3 is 0 Å². The summed E-state index contributed by atoms with van der Waals surface area (Å²) in [6.07, 6.45) is 3.20. The molecule has 1 aliphatic carbocycles. The molecule has 1 aliphatic rings. The lowest BCUT2D eigenvalue weighted by Crippen LogP contribution is -2.65. The van der Waals surface area contributed by atoms with Crippen molar-refractivity contribution in [2.45, 2.75) is 58.2 Å². The van der Waals surface area contributed by atoms with Crippen molar-refractivity contribution in [3.8, 4) is 0 Å². The van der Waals surface area contributed by atoms with Gasteiger partial charge < -0.3 is 15.8 Å². The Bertz CT molecular complexity index is 249. The molecule has 1 saturated carbocycles. The molecule has 4 nitrogen and oxygen atoms in total. The fraction of sp³-hybridized carbons (Fsp3) is 0.917. The molecule has 1 rings (SSSR count). The van der Waals surface area contributed by atoms with Crippen molar-refractivity contribution in [2.75, 3.05) is 7.11 Å². The molecule has 4 heteroatoms. The Labute approximate surface area is 97.9 Å². The number of carbonyl (C=O) groups excluding carboxylic acids is 1. The van der Waals surface area contributed by atoms with Crippen LogP contribution in [0.25, 0.3) is 0 Å². The summed E-state index contributed by atoms with van der Waals surface area (Å²) in [5.74, 6) is -0.0640. The minimum absolute atomic E-state index is 0.0640. The maximum Gasteiger partial charge on any atom is 0.236 e. The van der Waals surface area contributed by atoms with Gasteiger partial charge in [-0.2, -0.15) is 0 Å². The number of rotatable bonds is 5. The number of amides is 1. The molecule has 1 amide bonds. The second-order valence-corrected chi connectivity index (χ2v) is 4.75. The van der Waals surface area contributed by atoms with E-state index < -0.39 is 6.04 Å². The lowest BCUT2D eigenvalue weighted by molar-refractivity contribution is -0.141. The molecule has 0 radical (unpaired) electrons. The Morgan fingerprint density at radius 1 is 1.56 bits per heavy atom. The van der Waals surface area contributed by atoms with Crippen LogP contribution in [-0.2, 0) is 9.53 Å². The number of hydrogen-bond acceptors (Lipinski definition) is 3. The fourth-order valence-corrected chi connectivity index (χ4v) is 2.78. The third kappa shape index (κ3) is 2.09. The molecule has 0 bridgehead atoms. The van der Waals surface area contributed by atoms with Gasteiger partial charge in [0.15, 0.2) is 0 Å². The second kappa shape index (κ2) is 5.15. The van der Waals surface area contributed by atoms with E-state index in [4.69, 9.17) is 10.5 Å². The summed E-state index contributed by atoms with van der Waals surface area (Å²) in [7, 11) is 1.74. The minimum atomic E-state index is -0.437. The van der Waals surface area contributed by atoms with Crippen LogP contribution in [-0.4, -0.2) is 31.2 Å². The highest BCUT2D eigenvalue weighted by atomic mass is 16.5. The molecule has 0 aromatic heterocycles. The zero-order valence-electron chi connectivity index (χ0n) is 10.7. The molecule has 1 fully saturated rings. The van der Waals surface area contributed by atoms with E-state index >= 15 is 0 Å². The summed E-state index contributed by atoms with van der Waals surface area (Å²) in [5.41, 5.74) is 5.65. The van der Waals surface area contributed by atoms with Crippen molar-refractivity contribution in [1.29, 1.82) is 0 Å². The van der Waals surface area contributed by atoms with Crippen LogP contribution in [0.4, 0.5) is 0 Å². The Balaban J connectivity index is 2.66. The molecule has 3 N–H and O–H groups in total. The van der Waals surface area contributed by atoms with E-state index in [1.165, 1.54) is 0 Å². The van der Waals surface area contributed by atoms with Crippen LogP contribution in [0.2, 0.25) is 0 Å². The van der Waals surface area contributed by atoms with Gasteiger partial charge in [-0.15, -0.1) is 0 Å². The monoisotopic (exact) mass is 228 g/mol. The molecule has 0 spiro atoms. The van der Waals surface area contributed by atoms with Crippen molar-refractivity contribution >= 4 is 5.91 Å². The topological polar surface area (TPSA) is 64.4 Å². The molecular formula is C12H24N2O2. The van der Waals surface area contributed by atoms with Crippen LogP contribution < -0.4 is 11.1 Å². The summed E-state index contributed by atoms with van der Waals surface area (Å²) >= 11 is 0. The van der Waals surface area contributed by atoms with Crippen LogP contribution in [0.1, 0.15) is 40.0 Å². The zero-order chi connectivity index (χ0) is 12.3. The van der Waals surface area contributed by atoms with Gasteiger partial charge in [0.25, 0.3) is 0 Å². The third-order valence-corrected chi connectivity index (χ3v) is 4.12. The van der Waals surface area contributed by atoms with E-state index in [2.05, 4.69) is 19.2 Å². The standard InChI is InChI=1S/C12H24N2O2/c1-5-12(6-2)9(7-10(12)16-4)14-11(15)8(3)13/h8-10H,5-7,13H2,1-4H3,(H,14,15)/t8-,9?,10?/m0/s1. The quantitative estimate of drug-likeness (QED) is 0.739. The second-order valence-electron chi connectivity index (χ2n) is 4.75. The minimum Gasteiger partial charge on any atom is -0.381 e. The van der Waals surface area contributed by atoms with Gasteiger partial charge in [-0.1, -0.05) is 13.8 Å². The van der Waals surface area contributed by atoms with E-state index in [-0.39, 0.29) is 23.5 Å². The van der Waals surface area contributed by atoms with Crippen LogP contribution in [0.15, 0.2) is 0 Å². The lowest BCUT2D eigenvalue weighted by Gasteiger charge is -2.55. The maximum atomic E-state index is 11.6. The van der Waals surface area contributed by atoms with Gasteiger partial charge in [0.1, 0.15) is 0 Å². The molecule has 2 unspecified atom stereocenters. The van der Waals surface area contributed by atoms with Gasteiger partial charge in [0.2, 0.25) is 5.91 Å². The molecule has 94 valence electrons. The highest BCUT2D eigenvalue weighted by molar-refractivity contribution is 5.81. The Morgan fingerprint density at radius 2 is 2.12 bits per heavy atom. The van der Waals surface area contributed by atoms with Crippen LogP contribution in [0, 0.1) is 5.41 Å². The molecule has 0 aromatic carbocycles. The van der Waals surface area contributed by atoms with Gasteiger partial charge in [-0.05, 0) is 26.2 Å². The first-order valence-corrected chi connectivity index (χ1v) is 6.10. The third-order valence-electron chi connectivity index (χ3n) is 4.12. The van der Waals surface area contributed by atoms with Crippen molar-refractivity contribution in [3.63, 3.8) is 0 Å². The summed E-state index contributed by atoms with van der Waals surface area (Å²) in [4.78, 5) is 11.6. The first-order valence-electron chi connectivity index (χ1n) is 6.10. The van der Waals surface area contributed by atoms with Crippen LogP contribution >= 0.6 is 0 Å². The average molecular weight is 228 g/mol. The Morgan fingerprint density at radius 3 is 2.50 bits per heavy atom. The molecule has 0 aromatic rings. The lowest BCUT2D eigenvalue weighted by atomic mass is 9.58. The summed E-state index contributed by atoms with van der Waals surface area (Å²) < 4.78 is 5.47. The van der Waals surface area contributed by atoms with Crippen molar-refractivity contribution in [2.24, 2.45) is 11.1 Å². The largest absolute Gasteiger partial charge is 0.381 e. The molecule has 16 heavy (non-hydrogen) atoms. The molecule has 0 heterocycles. The highest BCUT2D eigenvalue weighted by Crippen LogP contribution is 2.48. The van der Waals surface area contributed by atoms with E-state index in [0.29, 0.717) is 0 Å². The van der Waals surface area contributed by atoms with Gasteiger partial charge in [-0.25, -0.2) is 0 Å². The van der Waals surface area contributed by atoms with Gasteiger partial charge in [0, 0.05) is 18.6 Å². The van der Waals surface area contributed by atoms with E-state index in [9.17, 15) is 4.79 Å². The first kappa shape index (κ1) is 13.5. The van der Waals surface area contributed by atoms with Crippen LogP contribution in [0.3, 0.4) is 0 Å². The Hall–Kier alpha value is -0.610. The predicted octanol–water partition coefficient (Wildman–Crippen LogP) is 1.04. The van der Waals surface area contributed by atoms with Crippen molar-refractivity contribution < 1.29 is 9.53 Å². The number of nitrogens with one attached hydrogen (secondary N) is 1. The molecule has 0 aliphatic heterocycles.